The minimum Gasteiger partial charge on any atom is -0.387 e. The van der Waals surface area contributed by atoms with E-state index in [4.69, 9.17) is 9.05 Å². The molecule has 0 bridgehead atoms. The van der Waals surface area contributed by atoms with E-state index in [2.05, 4.69) is 79.9 Å². The Morgan fingerprint density at radius 3 is 1.57 bits per heavy atom. The maximum absolute atomic E-state index is 12.8. The number of hydrogen-bond donors (Lipinski definition) is 3. The number of nitrogens with one attached hydrogen (secondary N) is 1. The van der Waals surface area contributed by atoms with Crippen molar-refractivity contribution < 1.29 is 32.9 Å². The lowest BCUT2D eigenvalue weighted by molar-refractivity contribution is -0.870. The number of carbonyl (C=O) groups excluding carboxylic acids is 1. The van der Waals surface area contributed by atoms with Gasteiger partial charge >= 0.3 is 7.82 Å². The van der Waals surface area contributed by atoms with E-state index in [0.717, 1.165) is 77.0 Å². The molecule has 9 heteroatoms. The number of unbranched alkanes of at least 4 members (excludes halogenated alkanes) is 16. The normalized spacial score (nSPS) is 15.1. The summed E-state index contributed by atoms with van der Waals surface area (Å²) in [7, 11) is 1.55. The van der Waals surface area contributed by atoms with Gasteiger partial charge in [0.15, 0.2) is 0 Å². The fraction of sp³-hybridized carbons (Fsp3) is 0.723. The van der Waals surface area contributed by atoms with E-state index in [1.165, 1.54) is 70.6 Å². The molecule has 0 aromatic carbocycles. The van der Waals surface area contributed by atoms with E-state index < -0.39 is 20.0 Å². The van der Waals surface area contributed by atoms with Gasteiger partial charge in [0.1, 0.15) is 13.2 Å². The molecule has 0 aromatic rings. The van der Waals surface area contributed by atoms with Crippen molar-refractivity contribution in [2.24, 2.45) is 0 Å². The van der Waals surface area contributed by atoms with Gasteiger partial charge in [-0.1, -0.05) is 170 Å². The Morgan fingerprint density at radius 2 is 1.07 bits per heavy atom. The largest absolute Gasteiger partial charge is 0.472 e. The molecule has 0 aliphatic heterocycles. The number of likely N-dealkylation sites (N-methyl/N-ethyl adjacent to an activating group) is 1. The van der Waals surface area contributed by atoms with E-state index in [0.29, 0.717) is 17.4 Å². The van der Waals surface area contributed by atoms with E-state index in [-0.39, 0.29) is 19.1 Å². The van der Waals surface area contributed by atoms with Crippen LogP contribution in [0.4, 0.5) is 0 Å². The van der Waals surface area contributed by atoms with Gasteiger partial charge in [-0.3, -0.25) is 13.8 Å². The molecule has 3 N–H and O–H groups in total. The van der Waals surface area contributed by atoms with Crippen LogP contribution in [-0.2, 0) is 18.4 Å². The SMILES string of the molecule is CC/C=C\C/C=C\C/C=C\C/C=C\C/C=C\CCCCCCCCCCCC(=O)NC(COP(=O)(O)OCC[N+](C)(C)C)C(O)/C=C/CCCCCCCCC. The highest BCUT2D eigenvalue weighted by Gasteiger charge is 2.27. The third-order valence-corrected chi connectivity index (χ3v) is 10.4. The molecule has 8 nitrogen and oxygen atoms in total. The monoisotopic (exact) mass is 806 g/mol. The lowest BCUT2D eigenvalue weighted by atomic mass is 10.0. The molecule has 0 rings (SSSR count). The summed E-state index contributed by atoms with van der Waals surface area (Å²) in [6, 6.07) is -0.851. The Kier molecular flexibility index (Phi) is 37.0. The number of quaternary nitrogens is 1. The van der Waals surface area contributed by atoms with Crippen molar-refractivity contribution >= 4 is 13.7 Å². The van der Waals surface area contributed by atoms with Crippen LogP contribution in [0.15, 0.2) is 72.9 Å². The van der Waals surface area contributed by atoms with Crippen molar-refractivity contribution in [3.05, 3.63) is 72.9 Å². The maximum atomic E-state index is 12.8. The summed E-state index contributed by atoms with van der Waals surface area (Å²) in [5.74, 6) is -0.190. The van der Waals surface area contributed by atoms with Crippen molar-refractivity contribution in [3.63, 3.8) is 0 Å². The molecule has 0 saturated carbocycles. The van der Waals surface area contributed by atoms with Crippen LogP contribution in [-0.4, -0.2) is 73.4 Å². The number of aliphatic hydroxyl groups is 1. The molecule has 0 aliphatic rings. The predicted octanol–water partition coefficient (Wildman–Crippen LogP) is 12.4. The fourth-order valence-electron chi connectivity index (χ4n) is 5.89. The molecule has 0 aliphatic carbocycles. The second-order valence-electron chi connectivity index (χ2n) is 16.0. The minimum absolute atomic E-state index is 0.0566. The standard InChI is InChI=1S/C47H85N2O6P/c1-6-8-10-12-14-16-17-18-19-20-21-22-23-24-25-26-27-28-29-30-31-33-35-37-39-41-47(51)48-45(44-55-56(52,53)54-43-42-49(3,4)5)46(50)40-38-36-34-32-15-13-11-9-7-2/h8,10,14,16,18-19,21-22,24-25,38,40,45-46,50H,6-7,9,11-13,15,17,20,23,26-37,39,41-44H2,1-5H3,(H-,48,51,52,53)/p+1/b10-8-,16-14-,19-18-,22-21-,25-24-,40-38+. The van der Waals surface area contributed by atoms with Crippen LogP contribution < -0.4 is 5.32 Å². The fourth-order valence-corrected chi connectivity index (χ4v) is 6.63. The Hall–Kier alpha value is -2.06. The second-order valence-corrected chi connectivity index (χ2v) is 17.5. The summed E-state index contributed by atoms with van der Waals surface area (Å²) >= 11 is 0. The third kappa shape index (κ3) is 40.1. The van der Waals surface area contributed by atoms with Crippen molar-refractivity contribution in [1.29, 1.82) is 0 Å². The van der Waals surface area contributed by atoms with E-state index in [9.17, 15) is 19.4 Å². The summed E-state index contributed by atoms with van der Waals surface area (Å²) < 4.78 is 23.5. The third-order valence-electron chi connectivity index (χ3n) is 9.43. The summed E-state index contributed by atoms with van der Waals surface area (Å²) in [5, 5.41) is 13.7. The zero-order chi connectivity index (χ0) is 41.4. The van der Waals surface area contributed by atoms with Crippen LogP contribution in [0, 0.1) is 0 Å². The summed E-state index contributed by atoms with van der Waals surface area (Å²) in [6.45, 7) is 4.64. The van der Waals surface area contributed by atoms with Gasteiger partial charge in [0.05, 0.1) is 39.9 Å². The molecule has 0 heterocycles. The lowest BCUT2D eigenvalue weighted by Gasteiger charge is -2.25. The smallest absolute Gasteiger partial charge is 0.387 e. The second kappa shape index (κ2) is 38.5. The molecule has 3 atom stereocenters. The molecule has 3 unspecified atom stereocenters. The molecule has 0 fully saturated rings. The molecule has 324 valence electrons. The van der Waals surface area contributed by atoms with Crippen molar-refractivity contribution in [2.45, 2.75) is 180 Å². The number of hydrogen-bond acceptors (Lipinski definition) is 5. The first-order valence-corrected chi connectivity index (χ1v) is 23.8. The first-order valence-electron chi connectivity index (χ1n) is 22.3. The zero-order valence-electron chi connectivity index (χ0n) is 36.6. The number of carbonyl (C=O) groups is 1. The summed E-state index contributed by atoms with van der Waals surface area (Å²) in [4.78, 5) is 23.1. The van der Waals surface area contributed by atoms with Gasteiger partial charge in [0.25, 0.3) is 0 Å². The van der Waals surface area contributed by atoms with Gasteiger partial charge in [-0.25, -0.2) is 4.57 Å². The number of nitrogens with zero attached hydrogens (tertiary/aromatic N) is 1. The molecule has 1 amide bonds. The first kappa shape index (κ1) is 53.9. The number of allylic oxidation sites excluding steroid dienone is 11. The molecule has 0 radical (unpaired) electrons. The van der Waals surface area contributed by atoms with Gasteiger partial charge in [0.2, 0.25) is 5.91 Å². The van der Waals surface area contributed by atoms with Crippen LogP contribution >= 0.6 is 7.82 Å². The Morgan fingerprint density at radius 1 is 0.625 bits per heavy atom. The molecule has 0 saturated heterocycles. The predicted molar refractivity (Wildman–Crippen MR) is 240 cm³/mol. The maximum Gasteiger partial charge on any atom is 0.472 e. The van der Waals surface area contributed by atoms with Crippen molar-refractivity contribution in [2.75, 3.05) is 40.9 Å². The van der Waals surface area contributed by atoms with Gasteiger partial charge in [-0.05, 0) is 64.2 Å². The Balaban J connectivity index is 4.25. The van der Waals surface area contributed by atoms with Gasteiger partial charge in [-0.15, -0.1) is 0 Å². The van der Waals surface area contributed by atoms with Gasteiger partial charge in [0, 0.05) is 6.42 Å². The van der Waals surface area contributed by atoms with E-state index >= 15 is 0 Å². The zero-order valence-corrected chi connectivity index (χ0v) is 37.5. The highest BCUT2D eigenvalue weighted by Crippen LogP contribution is 2.43. The van der Waals surface area contributed by atoms with E-state index in [1.807, 2.05) is 27.2 Å². The highest BCUT2D eigenvalue weighted by molar-refractivity contribution is 7.47. The van der Waals surface area contributed by atoms with Crippen molar-refractivity contribution in [1.82, 2.24) is 5.32 Å². The molecular formula is C47H86N2O6P+. The lowest BCUT2D eigenvalue weighted by Crippen LogP contribution is -2.45. The summed E-state index contributed by atoms with van der Waals surface area (Å²) in [6.07, 6.45) is 51.2. The highest BCUT2D eigenvalue weighted by atomic mass is 31.2. The van der Waals surface area contributed by atoms with Crippen molar-refractivity contribution in [3.8, 4) is 0 Å². The van der Waals surface area contributed by atoms with Crippen LogP contribution in [0.5, 0.6) is 0 Å². The van der Waals surface area contributed by atoms with Gasteiger partial charge in [-0.2, -0.15) is 0 Å². The molecule has 0 spiro atoms. The number of phosphoric acid groups is 1. The molecule has 56 heavy (non-hydrogen) atoms. The number of amides is 1. The van der Waals surface area contributed by atoms with Crippen LogP contribution in [0.1, 0.15) is 168 Å². The minimum atomic E-state index is -4.34. The average Bonchev–Trinajstić information content (AvgIpc) is 3.15. The van der Waals surface area contributed by atoms with Crippen LogP contribution in [0.25, 0.3) is 0 Å². The first-order chi connectivity index (χ1) is 27.0. The van der Waals surface area contributed by atoms with Crippen LogP contribution in [0.3, 0.4) is 0 Å². The topological polar surface area (TPSA) is 105 Å². The Bertz CT molecular complexity index is 1140. The molecular weight excluding hydrogens is 719 g/mol. The average molecular weight is 806 g/mol. The van der Waals surface area contributed by atoms with Crippen LogP contribution in [0.2, 0.25) is 0 Å². The Labute approximate surface area is 344 Å². The van der Waals surface area contributed by atoms with E-state index in [1.54, 1.807) is 6.08 Å². The van der Waals surface area contributed by atoms with Gasteiger partial charge < -0.3 is 19.8 Å². The summed E-state index contributed by atoms with van der Waals surface area (Å²) in [5.41, 5.74) is 0. The number of phosphoric ester groups is 1. The quantitative estimate of drug-likeness (QED) is 0.0247. The number of rotatable bonds is 39. The number of aliphatic hydroxyl groups excluding tert-OH is 1. The molecule has 0 aromatic heterocycles.